The molecule has 0 saturated heterocycles. The predicted octanol–water partition coefficient (Wildman–Crippen LogP) is 3.31. The van der Waals surface area contributed by atoms with Crippen LogP contribution in [0.4, 0.5) is 5.82 Å². The Morgan fingerprint density at radius 3 is 3.00 bits per heavy atom. The Balaban J connectivity index is 1.85. The molecule has 1 N–H and O–H groups in total. The molecule has 1 heterocycles. The summed E-state index contributed by atoms with van der Waals surface area (Å²) in [6, 6.07) is 6.72. The number of benzene rings is 1. The van der Waals surface area contributed by atoms with Crippen LogP contribution in [0.5, 0.6) is 0 Å². The molecule has 2 atom stereocenters. The Morgan fingerprint density at radius 1 is 1.25 bits per heavy atom. The fourth-order valence-corrected chi connectivity index (χ4v) is 2.97. The third kappa shape index (κ3) is 2.75. The van der Waals surface area contributed by atoms with Crippen molar-refractivity contribution in [3.05, 3.63) is 30.1 Å². The third-order valence-corrected chi connectivity index (χ3v) is 4.09. The van der Waals surface area contributed by atoms with Crippen LogP contribution >= 0.6 is 0 Å². The van der Waals surface area contributed by atoms with Gasteiger partial charge in [0.25, 0.3) is 0 Å². The fraction of sp³-hybridized carbons (Fsp3) is 0.500. The number of rotatable bonds is 3. The Hall–Kier alpha value is -1.68. The lowest BCUT2D eigenvalue weighted by molar-refractivity contribution is 0.0669. The first-order valence-corrected chi connectivity index (χ1v) is 7.27. The van der Waals surface area contributed by atoms with Gasteiger partial charge in [-0.05, 0) is 44.7 Å². The molecule has 2 aromatic rings. The lowest BCUT2D eigenvalue weighted by Crippen LogP contribution is -2.31. The smallest absolute Gasteiger partial charge is 0.137 e. The topological polar surface area (TPSA) is 47.0 Å². The highest BCUT2D eigenvalue weighted by atomic mass is 16.5. The van der Waals surface area contributed by atoms with E-state index in [1.54, 1.807) is 13.4 Å². The molecule has 4 nitrogen and oxygen atoms in total. The van der Waals surface area contributed by atoms with Crippen molar-refractivity contribution in [2.24, 2.45) is 0 Å². The molecule has 0 radical (unpaired) electrons. The molecular weight excluding hydrogens is 250 g/mol. The van der Waals surface area contributed by atoms with Gasteiger partial charge in [-0.3, -0.25) is 0 Å². The lowest BCUT2D eigenvalue weighted by atomic mass is 9.93. The van der Waals surface area contributed by atoms with Gasteiger partial charge < -0.3 is 10.1 Å². The molecule has 0 aliphatic heterocycles. The van der Waals surface area contributed by atoms with Crippen molar-refractivity contribution >= 4 is 16.7 Å². The van der Waals surface area contributed by atoms with E-state index < -0.39 is 0 Å². The van der Waals surface area contributed by atoms with Crippen LogP contribution in [0.1, 0.15) is 31.2 Å². The molecule has 0 bridgehead atoms. The van der Waals surface area contributed by atoms with E-state index in [0.717, 1.165) is 29.6 Å². The van der Waals surface area contributed by atoms with Gasteiger partial charge in [0, 0.05) is 18.5 Å². The second kappa shape index (κ2) is 5.75. The predicted molar refractivity (Wildman–Crippen MR) is 81.0 cm³/mol. The van der Waals surface area contributed by atoms with Crippen molar-refractivity contribution in [3.63, 3.8) is 0 Å². The Kier molecular flexibility index (Phi) is 3.83. The van der Waals surface area contributed by atoms with Crippen molar-refractivity contribution in [2.45, 2.75) is 44.8 Å². The van der Waals surface area contributed by atoms with Gasteiger partial charge in [0.2, 0.25) is 0 Å². The SMILES string of the molecule is COC1CCCC(Nc2ncnc3ccc(C)cc23)C1. The van der Waals surface area contributed by atoms with E-state index in [2.05, 4.69) is 40.4 Å². The van der Waals surface area contributed by atoms with Crippen LogP contribution in [0.25, 0.3) is 10.9 Å². The van der Waals surface area contributed by atoms with Crippen LogP contribution in [-0.4, -0.2) is 29.2 Å². The maximum absolute atomic E-state index is 5.49. The normalized spacial score (nSPS) is 22.9. The number of nitrogens with zero attached hydrogens (tertiary/aromatic N) is 2. The van der Waals surface area contributed by atoms with E-state index in [-0.39, 0.29) is 0 Å². The van der Waals surface area contributed by atoms with E-state index in [9.17, 15) is 0 Å². The maximum atomic E-state index is 5.49. The molecule has 1 aliphatic rings. The summed E-state index contributed by atoms with van der Waals surface area (Å²) in [5, 5.41) is 4.69. The van der Waals surface area contributed by atoms with Gasteiger partial charge >= 0.3 is 0 Å². The highest BCUT2D eigenvalue weighted by molar-refractivity contribution is 5.89. The largest absolute Gasteiger partial charge is 0.381 e. The van der Waals surface area contributed by atoms with E-state index in [0.29, 0.717) is 12.1 Å². The summed E-state index contributed by atoms with van der Waals surface area (Å²) in [5.74, 6) is 0.945. The van der Waals surface area contributed by atoms with E-state index >= 15 is 0 Å². The van der Waals surface area contributed by atoms with Crippen molar-refractivity contribution in [3.8, 4) is 0 Å². The average Bonchev–Trinajstić information content (AvgIpc) is 2.48. The molecule has 0 amide bonds. The lowest BCUT2D eigenvalue weighted by Gasteiger charge is -2.29. The van der Waals surface area contributed by atoms with E-state index in [1.807, 2.05) is 0 Å². The van der Waals surface area contributed by atoms with Gasteiger partial charge in [-0.2, -0.15) is 0 Å². The first kappa shape index (κ1) is 13.3. The molecule has 0 spiro atoms. The summed E-state index contributed by atoms with van der Waals surface area (Å²) >= 11 is 0. The van der Waals surface area contributed by atoms with Crippen LogP contribution in [0.15, 0.2) is 24.5 Å². The molecular formula is C16H21N3O. The van der Waals surface area contributed by atoms with Crippen molar-refractivity contribution in [1.82, 2.24) is 9.97 Å². The quantitative estimate of drug-likeness (QED) is 0.930. The fourth-order valence-electron chi connectivity index (χ4n) is 2.97. The Labute approximate surface area is 119 Å². The number of hydrogen-bond donors (Lipinski definition) is 1. The maximum Gasteiger partial charge on any atom is 0.137 e. The molecule has 1 fully saturated rings. The molecule has 4 heteroatoms. The van der Waals surface area contributed by atoms with Crippen LogP contribution in [-0.2, 0) is 4.74 Å². The summed E-state index contributed by atoms with van der Waals surface area (Å²) in [7, 11) is 1.80. The number of nitrogens with one attached hydrogen (secondary N) is 1. The van der Waals surface area contributed by atoms with Crippen molar-refractivity contribution < 1.29 is 4.74 Å². The van der Waals surface area contributed by atoms with Crippen LogP contribution < -0.4 is 5.32 Å². The number of aryl methyl sites for hydroxylation is 1. The molecule has 3 rings (SSSR count). The highest BCUT2D eigenvalue weighted by Gasteiger charge is 2.22. The summed E-state index contributed by atoms with van der Waals surface area (Å²) in [6.07, 6.45) is 6.61. The van der Waals surface area contributed by atoms with E-state index in [4.69, 9.17) is 4.74 Å². The third-order valence-electron chi connectivity index (χ3n) is 4.09. The van der Waals surface area contributed by atoms with Gasteiger partial charge in [0.15, 0.2) is 0 Å². The van der Waals surface area contributed by atoms with Crippen molar-refractivity contribution in [2.75, 3.05) is 12.4 Å². The average molecular weight is 271 g/mol. The molecule has 2 unspecified atom stereocenters. The van der Waals surface area contributed by atoms with Crippen molar-refractivity contribution in [1.29, 1.82) is 0 Å². The van der Waals surface area contributed by atoms with Gasteiger partial charge in [0.1, 0.15) is 12.1 Å². The second-order valence-electron chi connectivity index (χ2n) is 5.61. The Bertz CT molecular complexity index is 599. The van der Waals surface area contributed by atoms with Crippen LogP contribution in [0, 0.1) is 6.92 Å². The summed E-state index contributed by atoms with van der Waals surface area (Å²) in [4.78, 5) is 8.76. The number of fused-ring (bicyclic) bond motifs is 1. The highest BCUT2D eigenvalue weighted by Crippen LogP contribution is 2.26. The number of anilines is 1. The minimum Gasteiger partial charge on any atom is -0.381 e. The van der Waals surface area contributed by atoms with Gasteiger partial charge in [-0.1, -0.05) is 11.6 Å². The number of ether oxygens (including phenoxy) is 1. The summed E-state index contributed by atoms with van der Waals surface area (Å²) in [6.45, 7) is 2.10. The zero-order valence-electron chi connectivity index (χ0n) is 12.1. The van der Waals surface area contributed by atoms with Gasteiger partial charge in [0.05, 0.1) is 11.6 Å². The number of methoxy groups -OCH3 is 1. The molecule has 1 aromatic heterocycles. The summed E-state index contributed by atoms with van der Waals surface area (Å²) in [5.41, 5.74) is 2.22. The molecule has 1 saturated carbocycles. The van der Waals surface area contributed by atoms with Crippen LogP contribution in [0.2, 0.25) is 0 Å². The number of aromatic nitrogens is 2. The molecule has 1 aromatic carbocycles. The standard InChI is InChI=1S/C16H21N3O/c1-11-6-7-15-14(8-11)16(18-10-17-15)19-12-4-3-5-13(9-12)20-2/h6-8,10,12-13H,3-5,9H2,1-2H3,(H,17,18,19). The molecule has 106 valence electrons. The summed E-state index contributed by atoms with van der Waals surface area (Å²) < 4.78 is 5.49. The van der Waals surface area contributed by atoms with E-state index in [1.165, 1.54) is 18.4 Å². The first-order valence-electron chi connectivity index (χ1n) is 7.27. The zero-order valence-corrected chi connectivity index (χ0v) is 12.1. The van der Waals surface area contributed by atoms with Crippen LogP contribution in [0.3, 0.4) is 0 Å². The van der Waals surface area contributed by atoms with Gasteiger partial charge in [-0.25, -0.2) is 9.97 Å². The second-order valence-corrected chi connectivity index (χ2v) is 5.61. The monoisotopic (exact) mass is 271 g/mol. The minimum atomic E-state index is 0.371. The van der Waals surface area contributed by atoms with Gasteiger partial charge in [-0.15, -0.1) is 0 Å². The first-order chi connectivity index (χ1) is 9.76. The minimum absolute atomic E-state index is 0.371. The molecule has 1 aliphatic carbocycles. The zero-order chi connectivity index (χ0) is 13.9. The Morgan fingerprint density at radius 2 is 2.15 bits per heavy atom. The number of hydrogen-bond acceptors (Lipinski definition) is 4. The molecule has 20 heavy (non-hydrogen) atoms.